The summed E-state index contributed by atoms with van der Waals surface area (Å²) >= 11 is 1.42. The molecule has 0 saturated heterocycles. The van der Waals surface area contributed by atoms with Crippen molar-refractivity contribution in [1.82, 2.24) is 0 Å². The molecule has 0 heterocycles. The first kappa shape index (κ1) is 19.1. The molecule has 132 valence electrons. The van der Waals surface area contributed by atoms with Gasteiger partial charge in [-0.3, -0.25) is 9.59 Å². The number of carbonyl (C=O) groups excluding carboxylic acids is 2. The number of amides is 1. The zero-order chi connectivity index (χ0) is 18.4. The highest BCUT2D eigenvalue weighted by atomic mass is 32.2. The van der Waals surface area contributed by atoms with Crippen LogP contribution in [0.5, 0.6) is 0 Å². The Hall–Kier alpha value is -2.27. The standard InChI is InChI=1S/C20H23NO3S/c1-13-6-5-7-17(11-13)21-20(23)16(4)24-19(22)12-25-18-9-8-14(2)10-15(18)3/h5-11,16H,12H2,1-4H3,(H,21,23)/t16-/m0/s1. The largest absolute Gasteiger partial charge is 0.452 e. The highest BCUT2D eigenvalue weighted by Crippen LogP contribution is 2.23. The van der Waals surface area contributed by atoms with Gasteiger partial charge in [-0.25, -0.2) is 0 Å². The molecule has 1 atom stereocenters. The van der Waals surface area contributed by atoms with Gasteiger partial charge in [0.25, 0.3) is 5.91 Å². The summed E-state index contributed by atoms with van der Waals surface area (Å²) in [5.74, 6) is -0.571. The Bertz CT molecular complexity index is 773. The summed E-state index contributed by atoms with van der Waals surface area (Å²) in [6, 6.07) is 13.6. The van der Waals surface area contributed by atoms with Gasteiger partial charge in [-0.05, 0) is 57.0 Å². The highest BCUT2D eigenvalue weighted by molar-refractivity contribution is 8.00. The predicted molar refractivity (Wildman–Crippen MR) is 102 cm³/mol. The Morgan fingerprint density at radius 3 is 2.48 bits per heavy atom. The third-order valence-corrected chi connectivity index (χ3v) is 4.79. The van der Waals surface area contributed by atoms with E-state index in [0.29, 0.717) is 5.69 Å². The van der Waals surface area contributed by atoms with Gasteiger partial charge in [-0.1, -0.05) is 29.8 Å². The molecular weight excluding hydrogens is 334 g/mol. The van der Waals surface area contributed by atoms with E-state index in [1.165, 1.54) is 17.3 Å². The van der Waals surface area contributed by atoms with Crippen LogP contribution in [0.1, 0.15) is 23.6 Å². The molecule has 0 spiro atoms. The zero-order valence-electron chi connectivity index (χ0n) is 15.0. The molecule has 2 rings (SSSR count). The molecule has 0 aliphatic carbocycles. The van der Waals surface area contributed by atoms with Crippen LogP contribution in [0.25, 0.3) is 0 Å². The minimum absolute atomic E-state index is 0.173. The third kappa shape index (κ3) is 5.94. The molecule has 0 radical (unpaired) electrons. The molecule has 0 aliphatic rings. The Balaban J connectivity index is 1.83. The van der Waals surface area contributed by atoms with Gasteiger partial charge in [0.05, 0.1) is 5.75 Å². The van der Waals surface area contributed by atoms with Crippen LogP contribution in [-0.4, -0.2) is 23.7 Å². The molecule has 0 aliphatic heterocycles. The number of hydrogen-bond acceptors (Lipinski definition) is 4. The van der Waals surface area contributed by atoms with E-state index in [0.717, 1.165) is 16.0 Å². The van der Waals surface area contributed by atoms with E-state index < -0.39 is 12.1 Å². The van der Waals surface area contributed by atoms with E-state index in [1.807, 2.05) is 51.1 Å². The quantitative estimate of drug-likeness (QED) is 0.619. The lowest BCUT2D eigenvalue weighted by Gasteiger charge is -2.14. The molecule has 0 fully saturated rings. The minimum atomic E-state index is -0.840. The van der Waals surface area contributed by atoms with Gasteiger partial charge in [0.15, 0.2) is 6.10 Å². The maximum atomic E-state index is 12.1. The highest BCUT2D eigenvalue weighted by Gasteiger charge is 2.18. The summed E-state index contributed by atoms with van der Waals surface area (Å²) in [5, 5.41) is 2.75. The molecule has 2 aromatic carbocycles. The van der Waals surface area contributed by atoms with Crippen molar-refractivity contribution in [3.05, 3.63) is 59.2 Å². The van der Waals surface area contributed by atoms with Gasteiger partial charge in [0.1, 0.15) is 0 Å². The SMILES string of the molecule is Cc1cccc(NC(=O)[C@H](C)OC(=O)CSc2ccc(C)cc2C)c1. The second kappa shape index (κ2) is 8.72. The molecule has 1 amide bonds. The number of benzene rings is 2. The number of esters is 1. The van der Waals surface area contributed by atoms with E-state index >= 15 is 0 Å². The zero-order valence-corrected chi connectivity index (χ0v) is 15.8. The van der Waals surface area contributed by atoms with E-state index in [2.05, 4.69) is 11.4 Å². The maximum absolute atomic E-state index is 12.1. The van der Waals surface area contributed by atoms with E-state index in [9.17, 15) is 9.59 Å². The normalized spacial score (nSPS) is 11.7. The average molecular weight is 357 g/mol. The molecule has 2 aromatic rings. The molecule has 5 heteroatoms. The molecule has 0 bridgehead atoms. The van der Waals surface area contributed by atoms with Crippen molar-refractivity contribution >= 4 is 29.3 Å². The van der Waals surface area contributed by atoms with Crippen molar-refractivity contribution in [3.8, 4) is 0 Å². The van der Waals surface area contributed by atoms with E-state index in [4.69, 9.17) is 4.74 Å². The second-order valence-electron chi connectivity index (χ2n) is 6.05. The maximum Gasteiger partial charge on any atom is 0.317 e. The van der Waals surface area contributed by atoms with Crippen molar-refractivity contribution < 1.29 is 14.3 Å². The van der Waals surface area contributed by atoms with Crippen LogP contribution in [0.15, 0.2) is 47.4 Å². The molecule has 25 heavy (non-hydrogen) atoms. The Morgan fingerprint density at radius 1 is 1.08 bits per heavy atom. The fraction of sp³-hybridized carbons (Fsp3) is 0.300. The topological polar surface area (TPSA) is 55.4 Å². The second-order valence-corrected chi connectivity index (χ2v) is 7.07. The van der Waals surface area contributed by atoms with Crippen molar-refractivity contribution in [1.29, 1.82) is 0 Å². The number of thioether (sulfide) groups is 1. The number of aryl methyl sites for hydroxylation is 3. The molecule has 0 unspecified atom stereocenters. The Morgan fingerprint density at radius 2 is 1.80 bits per heavy atom. The number of rotatable bonds is 6. The van der Waals surface area contributed by atoms with Crippen LogP contribution in [0.4, 0.5) is 5.69 Å². The lowest BCUT2D eigenvalue weighted by molar-refractivity contribution is -0.150. The first-order valence-electron chi connectivity index (χ1n) is 8.12. The van der Waals surface area contributed by atoms with E-state index in [-0.39, 0.29) is 11.7 Å². The van der Waals surface area contributed by atoms with Crippen molar-refractivity contribution in [2.75, 3.05) is 11.1 Å². The van der Waals surface area contributed by atoms with Crippen LogP contribution in [0, 0.1) is 20.8 Å². The Kier molecular flexibility index (Phi) is 6.65. The lowest BCUT2D eigenvalue weighted by atomic mass is 10.2. The monoisotopic (exact) mass is 357 g/mol. The summed E-state index contributed by atoms with van der Waals surface area (Å²) < 4.78 is 5.23. The van der Waals surface area contributed by atoms with Gasteiger partial charge in [-0.2, -0.15) is 0 Å². The Labute approximate surface area is 153 Å². The summed E-state index contributed by atoms with van der Waals surface area (Å²) in [6.07, 6.45) is -0.840. The first-order chi connectivity index (χ1) is 11.8. The van der Waals surface area contributed by atoms with Crippen LogP contribution < -0.4 is 5.32 Å². The van der Waals surface area contributed by atoms with Crippen LogP contribution >= 0.6 is 11.8 Å². The lowest BCUT2D eigenvalue weighted by Crippen LogP contribution is -2.30. The number of hydrogen-bond donors (Lipinski definition) is 1. The first-order valence-corrected chi connectivity index (χ1v) is 9.11. The molecule has 4 nitrogen and oxygen atoms in total. The van der Waals surface area contributed by atoms with Gasteiger partial charge in [-0.15, -0.1) is 11.8 Å². The predicted octanol–water partition coefficient (Wildman–Crippen LogP) is 4.27. The molecule has 1 N–H and O–H groups in total. The smallest absolute Gasteiger partial charge is 0.317 e. The van der Waals surface area contributed by atoms with Crippen LogP contribution in [-0.2, 0) is 14.3 Å². The van der Waals surface area contributed by atoms with Gasteiger partial charge < -0.3 is 10.1 Å². The fourth-order valence-electron chi connectivity index (χ4n) is 2.35. The summed E-state index contributed by atoms with van der Waals surface area (Å²) in [4.78, 5) is 25.2. The number of anilines is 1. The minimum Gasteiger partial charge on any atom is -0.452 e. The molecule has 0 saturated carbocycles. The number of nitrogens with one attached hydrogen (secondary N) is 1. The number of carbonyl (C=O) groups is 2. The molecule has 0 aromatic heterocycles. The summed E-state index contributed by atoms with van der Waals surface area (Å²) in [6.45, 7) is 7.57. The van der Waals surface area contributed by atoms with Gasteiger partial charge in [0.2, 0.25) is 0 Å². The van der Waals surface area contributed by atoms with Crippen molar-refractivity contribution in [2.24, 2.45) is 0 Å². The average Bonchev–Trinajstić information content (AvgIpc) is 2.54. The van der Waals surface area contributed by atoms with Crippen LogP contribution in [0.2, 0.25) is 0 Å². The number of ether oxygens (including phenoxy) is 1. The van der Waals surface area contributed by atoms with Crippen LogP contribution in [0.3, 0.4) is 0 Å². The van der Waals surface area contributed by atoms with Crippen molar-refractivity contribution in [3.63, 3.8) is 0 Å². The van der Waals surface area contributed by atoms with Crippen molar-refractivity contribution in [2.45, 2.75) is 38.7 Å². The van der Waals surface area contributed by atoms with Gasteiger partial charge >= 0.3 is 5.97 Å². The molecular formula is C20H23NO3S. The summed E-state index contributed by atoms with van der Waals surface area (Å²) in [5.41, 5.74) is 4.05. The summed E-state index contributed by atoms with van der Waals surface area (Å²) in [7, 11) is 0. The third-order valence-electron chi connectivity index (χ3n) is 3.64. The van der Waals surface area contributed by atoms with E-state index in [1.54, 1.807) is 13.0 Å². The fourth-order valence-corrected chi connectivity index (χ4v) is 3.14. The van der Waals surface area contributed by atoms with Gasteiger partial charge in [0, 0.05) is 10.6 Å².